The van der Waals surface area contributed by atoms with Gasteiger partial charge in [-0.25, -0.2) is 14.8 Å². The summed E-state index contributed by atoms with van der Waals surface area (Å²) in [4.78, 5) is 34.8. The van der Waals surface area contributed by atoms with Gasteiger partial charge in [-0.2, -0.15) is 13.2 Å². The van der Waals surface area contributed by atoms with Crippen LogP contribution in [0.15, 0.2) is 53.3 Å². The normalized spacial score (nSPS) is 11.5. The lowest BCUT2D eigenvalue weighted by atomic mass is 10.1. The van der Waals surface area contributed by atoms with E-state index in [-0.39, 0.29) is 34.9 Å². The van der Waals surface area contributed by atoms with Crippen molar-refractivity contribution < 1.29 is 22.7 Å². The van der Waals surface area contributed by atoms with Gasteiger partial charge in [0.2, 0.25) is 6.41 Å². The maximum atomic E-state index is 13.2. The van der Waals surface area contributed by atoms with Crippen molar-refractivity contribution in [2.24, 2.45) is 0 Å². The summed E-state index contributed by atoms with van der Waals surface area (Å²) < 4.78 is 46.1. The SMILES string of the molecule is COc1ccccc1Cn1c(=O)[nH]c2c(NC=O)nc(-c3cccc(C(F)(F)F)c3)nc21. The highest BCUT2D eigenvalue weighted by Crippen LogP contribution is 2.32. The average Bonchev–Trinajstić information content (AvgIpc) is 3.09. The number of anilines is 1. The monoisotopic (exact) mass is 443 g/mol. The van der Waals surface area contributed by atoms with E-state index >= 15 is 0 Å². The van der Waals surface area contributed by atoms with E-state index < -0.39 is 17.4 Å². The van der Waals surface area contributed by atoms with Gasteiger partial charge in [-0.1, -0.05) is 30.3 Å². The minimum atomic E-state index is -4.55. The Balaban J connectivity index is 1.91. The van der Waals surface area contributed by atoms with Gasteiger partial charge in [0.05, 0.1) is 19.2 Å². The fraction of sp³-hybridized carbons (Fsp3) is 0.143. The molecule has 0 spiro atoms. The number of carbonyl (C=O) groups is 1. The molecule has 0 aliphatic carbocycles. The highest BCUT2D eigenvalue weighted by Gasteiger charge is 2.30. The summed E-state index contributed by atoms with van der Waals surface area (Å²) in [5, 5.41) is 2.37. The van der Waals surface area contributed by atoms with E-state index in [2.05, 4.69) is 20.3 Å². The number of alkyl halides is 3. The number of nitrogens with one attached hydrogen (secondary N) is 2. The third-order valence-electron chi connectivity index (χ3n) is 4.79. The number of carbonyl (C=O) groups excluding carboxylic acids is 1. The van der Waals surface area contributed by atoms with Gasteiger partial charge in [0.25, 0.3) is 0 Å². The number of methoxy groups -OCH3 is 1. The van der Waals surface area contributed by atoms with E-state index in [1.165, 1.54) is 23.8 Å². The van der Waals surface area contributed by atoms with Crippen LogP contribution in [0.3, 0.4) is 0 Å². The Morgan fingerprint density at radius 1 is 1.16 bits per heavy atom. The molecule has 0 aliphatic heterocycles. The number of imidazole rings is 1. The molecule has 0 aliphatic rings. The third-order valence-corrected chi connectivity index (χ3v) is 4.79. The van der Waals surface area contributed by atoms with E-state index in [9.17, 15) is 22.8 Å². The number of para-hydroxylation sites is 1. The number of rotatable bonds is 6. The number of H-pyrrole nitrogens is 1. The van der Waals surface area contributed by atoms with Crippen molar-refractivity contribution in [1.29, 1.82) is 0 Å². The molecule has 0 radical (unpaired) electrons. The Morgan fingerprint density at radius 2 is 1.94 bits per heavy atom. The van der Waals surface area contributed by atoms with Crippen molar-refractivity contribution >= 4 is 23.4 Å². The zero-order valence-corrected chi connectivity index (χ0v) is 16.6. The number of ether oxygens (including phenoxy) is 1. The first-order valence-corrected chi connectivity index (χ1v) is 9.32. The van der Waals surface area contributed by atoms with Crippen LogP contribution in [0.1, 0.15) is 11.1 Å². The predicted octanol–water partition coefficient (Wildman–Crippen LogP) is 3.43. The number of hydrogen-bond acceptors (Lipinski definition) is 5. The average molecular weight is 443 g/mol. The molecule has 8 nitrogen and oxygen atoms in total. The fourth-order valence-corrected chi connectivity index (χ4v) is 3.30. The molecule has 11 heteroatoms. The van der Waals surface area contributed by atoms with Crippen LogP contribution in [0.5, 0.6) is 5.75 Å². The lowest BCUT2D eigenvalue weighted by Gasteiger charge is -2.11. The molecule has 32 heavy (non-hydrogen) atoms. The molecule has 2 N–H and O–H groups in total. The molecule has 0 saturated heterocycles. The number of hydrogen-bond donors (Lipinski definition) is 2. The lowest BCUT2D eigenvalue weighted by molar-refractivity contribution is -0.137. The fourth-order valence-electron chi connectivity index (χ4n) is 3.30. The number of benzene rings is 2. The maximum absolute atomic E-state index is 13.2. The van der Waals surface area contributed by atoms with E-state index in [0.717, 1.165) is 12.1 Å². The number of fused-ring (bicyclic) bond motifs is 1. The van der Waals surface area contributed by atoms with Gasteiger partial charge in [0, 0.05) is 11.1 Å². The van der Waals surface area contributed by atoms with Gasteiger partial charge in [0.15, 0.2) is 17.3 Å². The minimum absolute atomic E-state index is 0.0340. The molecule has 0 bridgehead atoms. The topological polar surface area (TPSA) is 102 Å². The number of nitrogens with zero attached hydrogens (tertiary/aromatic N) is 3. The van der Waals surface area contributed by atoms with Gasteiger partial charge in [0.1, 0.15) is 11.3 Å². The maximum Gasteiger partial charge on any atom is 0.416 e. The number of amides is 1. The van der Waals surface area contributed by atoms with Gasteiger partial charge < -0.3 is 15.0 Å². The molecule has 0 atom stereocenters. The van der Waals surface area contributed by atoms with Crippen molar-refractivity contribution in [3.63, 3.8) is 0 Å². The van der Waals surface area contributed by atoms with Crippen LogP contribution in [0, 0.1) is 0 Å². The number of aromatic amines is 1. The van der Waals surface area contributed by atoms with Crippen molar-refractivity contribution in [2.75, 3.05) is 12.4 Å². The Kier molecular flexibility index (Phi) is 5.39. The quantitative estimate of drug-likeness (QED) is 0.445. The van der Waals surface area contributed by atoms with Gasteiger partial charge in [-0.3, -0.25) is 9.36 Å². The molecular weight excluding hydrogens is 427 g/mol. The van der Waals surface area contributed by atoms with Crippen molar-refractivity contribution in [3.05, 3.63) is 70.1 Å². The summed E-state index contributed by atoms with van der Waals surface area (Å²) in [6.45, 7) is 0.0718. The second-order valence-electron chi connectivity index (χ2n) is 6.76. The third kappa shape index (κ3) is 3.92. The van der Waals surface area contributed by atoms with E-state index in [1.54, 1.807) is 24.3 Å². The zero-order chi connectivity index (χ0) is 22.9. The highest BCUT2D eigenvalue weighted by atomic mass is 19.4. The van der Waals surface area contributed by atoms with Gasteiger partial charge in [-0.05, 0) is 18.2 Å². The van der Waals surface area contributed by atoms with Crippen molar-refractivity contribution in [1.82, 2.24) is 19.5 Å². The molecule has 0 saturated carbocycles. The van der Waals surface area contributed by atoms with E-state index in [4.69, 9.17) is 4.74 Å². The number of aromatic nitrogens is 4. The van der Waals surface area contributed by atoms with Crippen LogP contribution in [-0.4, -0.2) is 33.0 Å². The summed E-state index contributed by atoms with van der Waals surface area (Å²) in [5.74, 6) is 0.432. The molecular formula is C21H16F3N5O3. The Hall–Kier alpha value is -4.15. The largest absolute Gasteiger partial charge is 0.496 e. The first-order chi connectivity index (χ1) is 15.3. The molecule has 4 aromatic rings. The lowest BCUT2D eigenvalue weighted by Crippen LogP contribution is -2.18. The van der Waals surface area contributed by atoms with E-state index in [0.29, 0.717) is 17.7 Å². The first kappa shape index (κ1) is 21.1. The van der Waals surface area contributed by atoms with E-state index in [1.807, 2.05) is 0 Å². The predicted molar refractivity (Wildman–Crippen MR) is 110 cm³/mol. The zero-order valence-electron chi connectivity index (χ0n) is 16.6. The minimum Gasteiger partial charge on any atom is -0.496 e. The Morgan fingerprint density at radius 3 is 2.66 bits per heavy atom. The van der Waals surface area contributed by atoms with Crippen LogP contribution < -0.4 is 15.7 Å². The molecule has 4 rings (SSSR count). The highest BCUT2D eigenvalue weighted by molar-refractivity contribution is 5.90. The first-order valence-electron chi connectivity index (χ1n) is 9.32. The molecule has 1 amide bonds. The van der Waals surface area contributed by atoms with Crippen LogP contribution >= 0.6 is 0 Å². The standard InChI is InChI=1S/C21H16F3N5O3/c1-32-15-8-3-2-5-13(15)10-29-19-16(26-20(29)31)18(25-11-30)27-17(28-19)12-6-4-7-14(9-12)21(22,23)24/h2-9,11H,10H2,1H3,(H,26,31)(H,25,27,28,30). The summed E-state index contributed by atoms with van der Waals surface area (Å²) in [7, 11) is 1.50. The van der Waals surface area contributed by atoms with Crippen LogP contribution in [0.2, 0.25) is 0 Å². The molecule has 0 unspecified atom stereocenters. The summed E-state index contributed by atoms with van der Waals surface area (Å²) in [5.41, 5.74) is -0.380. The summed E-state index contributed by atoms with van der Waals surface area (Å²) in [6, 6.07) is 11.5. The van der Waals surface area contributed by atoms with Crippen LogP contribution in [0.4, 0.5) is 19.0 Å². The molecule has 164 valence electrons. The molecule has 2 aromatic carbocycles. The van der Waals surface area contributed by atoms with Crippen molar-refractivity contribution in [3.8, 4) is 17.1 Å². The summed E-state index contributed by atoms with van der Waals surface area (Å²) in [6.07, 6.45) is -4.20. The van der Waals surface area contributed by atoms with Gasteiger partial charge >= 0.3 is 11.9 Å². The smallest absolute Gasteiger partial charge is 0.416 e. The number of halogens is 3. The van der Waals surface area contributed by atoms with Crippen LogP contribution in [0.25, 0.3) is 22.6 Å². The summed E-state index contributed by atoms with van der Waals surface area (Å²) >= 11 is 0. The second-order valence-corrected chi connectivity index (χ2v) is 6.76. The van der Waals surface area contributed by atoms with Crippen molar-refractivity contribution in [2.45, 2.75) is 12.7 Å². The Labute approximate surface area is 178 Å². The second kappa shape index (κ2) is 8.17. The van der Waals surface area contributed by atoms with Gasteiger partial charge in [-0.15, -0.1) is 0 Å². The molecule has 2 heterocycles. The Bertz CT molecular complexity index is 1360. The molecule has 2 aromatic heterocycles. The molecule has 0 fully saturated rings. The van der Waals surface area contributed by atoms with Crippen LogP contribution in [-0.2, 0) is 17.5 Å².